The normalized spacial score (nSPS) is 11.7. The summed E-state index contributed by atoms with van der Waals surface area (Å²) in [6, 6.07) is 19.0. The van der Waals surface area contributed by atoms with Crippen LogP contribution in [0.4, 0.5) is 0 Å². The van der Waals surface area contributed by atoms with Crippen LogP contribution in [-0.2, 0) is 0 Å². The van der Waals surface area contributed by atoms with E-state index in [0.29, 0.717) is 0 Å². The van der Waals surface area contributed by atoms with Crippen LogP contribution in [0.25, 0.3) is 27.6 Å². The van der Waals surface area contributed by atoms with Gasteiger partial charge < -0.3 is 10.3 Å². The molecule has 2 N–H and O–H groups in total. The summed E-state index contributed by atoms with van der Waals surface area (Å²) in [5.41, 5.74) is 10.7. The maximum atomic E-state index is 5.97. The Hall–Kier alpha value is -2.91. The number of rotatable bonds is 3. The third-order valence-electron chi connectivity index (χ3n) is 4.40. The van der Waals surface area contributed by atoms with Crippen LogP contribution in [0.3, 0.4) is 0 Å². The molecule has 1 atom stereocenters. The molecule has 132 valence electrons. The highest BCUT2D eigenvalue weighted by Crippen LogP contribution is 2.33. The smallest absolute Gasteiger partial charge is 0.0607 e. The zero-order valence-corrected chi connectivity index (χ0v) is 15.6. The van der Waals surface area contributed by atoms with Crippen LogP contribution in [0.2, 0.25) is 0 Å². The molecule has 2 heterocycles. The predicted molar refractivity (Wildman–Crippen MR) is 110 cm³/mol. The fraction of sp³-hybridized carbons (Fsp3) is 0.174. The van der Waals surface area contributed by atoms with Crippen LogP contribution in [0.5, 0.6) is 0 Å². The van der Waals surface area contributed by atoms with E-state index in [1.807, 2.05) is 45.3 Å². The summed E-state index contributed by atoms with van der Waals surface area (Å²) in [5.74, 6) is 0. The Kier molecular flexibility index (Phi) is 5.49. The summed E-state index contributed by atoms with van der Waals surface area (Å²) >= 11 is 0. The molecule has 3 heteroatoms. The van der Waals surface area contributed by atoms with Gasteiger partial charge in [-0.15, -0.1) is 0 Å². The summed E-state index contributed by atoms with van der Waals surface area (Å²) in [7, 11) is 0. The van der Waals surface area contributed by atoms with Gasteiger partial charge in [0, 0.05) is 47.2 Å². The first-order chi connectivity index (χ1) is 12.7. The zero-order valence-electron chi connectivity index (χ0n) is 15.6. The lowest BCUT2D eigenvalue weighted by Crippen LogP contribution is -2.04. The molecule has 0 aliphatic carbocycles. The SMILES string of the molecule is CC.CC(N)c1ccc(-c2ccc3cnccc3c2-n2cccc2)cc1. The van der Waals surface area contributed by atoms with E-state index in [4.69, 9.17) is 5.73 Å². The molecule has 0 saturated heterocycles. The standard InChI is InChI=1S/C21H19N3.C2H6/c1-15(22)16-4-6-17(7-5-16)19-9-8-18-14-23-11-10-20(18)21(19)24-12-2-3-13-24;1-2/h2-15H,22H2,1H3;1-2H3. The molecule has 0 saturated carbocycles. The van der Waals surface area contributed by atoms with Crippen molar-refractivity contribution in [1.82, 2.24) is 9.55 Å². The van der Waals surface area contributed by atoms with E-state index in [1.54, 1.807) is 0 Å². The second-order valence-corrected chi connectivity index (χ2v) is 6.06. The van der Waals surface area contributed by atoms with Gasteiger partial charge in [-0.1, -0.05) is 50.2 Å². The number of benzene rings is 2. The molecular weight excluding hydrogens is 318 g/mol. The molecule has 0 aliphatic rings. The van der Waals surface area contributed by atoms with Crippen LogP contribution in [0.1, 0.15) is 32.4 Å². The summed E-state index contributed by atoms with van der Waals surface area (Å²) in [4.78, 5) is 4.25. The monoisotopic (exact) mass is 343 g/mol. The van der Waals surface area contributed by atoms with Gasteiger partial charge in [0.05, 0.1) is 5.69 Å². The van der Waals surface area contributed by atoms with Gasteiger partial charge in [0.1, 0.15) is 0 Å². The van der Waals surface area contributed by atoms with Gasteiger partial charge in [0.25, 0.3) is 0 Å². The van der Waals surface area contributed by atoms with Crippen molar-refractivity contribution in [3.05, 3.63) is 84.9 Å². The highest BCUT2D eigenvalue weighted by atomic mass is 14.9. The Morgan fingerprint density at radius 1 is 0.923 bits per heavy atom. The molecule has 4 rings (SSSR count). The van der Waals surface area contributed by atoms with E-state index in [2.05, 4.69) is 64.4 Å². The van der Waals surface area contributed by atoms with Gasteiger partial charge in [-0.25, -0.2) is 0 Å². The highest BCUT2D eigenvalue weighted by Gasteiger charge is 2.11. The van der Waals surface area contributed by atoms with Crippen molar-refractivity contribution in [3.63, 3.8) is 0 Å². The topological polar surface area (TPSA) is 43.8 Å². The number of hydrogen-bond acceptors (Lipinski definition) is 2. The van der Waals surface area contributed by atoms with Gasteiger partial charge in [-0.3, -0.25) is 4.98 Å². The molecule has 0 bridgehead atoms. The fourth-order valence-electron chi connectivity index (χ4n) is 3.11. The van der Waals surface area contributed by atoms with Gasteiger partial charge in [0.2, 0.25) is 0 Å². The lowest BCUT2D eigenvalue weighted by Gasteiger charge is -2.15. The summed E-state index contributed by atoms with van der Waals surface area (Å²) in [5, 5.41) is 2.33. The van der Waals surface area contributed by atoms with E-state index >= 15 is 0 Å². The highest BCUT2D eigenvalue weighted by molar-refractivity contribution is 5.96. The largest absolute Gasteiger partial charge is 0.324 e. The third kappa shape index (κ3) is 3.39. The number of nitrogens with zero attached hydrogens (tertiary/aromatic N) is 2. The molecule has 0 spiro atoms. The fourth-order valence-corrected chi connectivity index (χ4v) is 3.11. The van der Waals surface area contributed by atoms with Crippen LogP contribution < -0.4 is 5.73 Å². The zero-order chi connectivity index (χ0) is 18.5. The van der Waals surface area contributed by atoms with Gasteiger partial charge in [-0.05, 0) is 36.2 Å². The van der Waals surface area contributed by atoms with Crippen LogP contribution >= 0.6 is 0 Å². The van der Waals surface area contributed by atoms with E-state index < -0.39 is 0 Å². The number of nitrogens with two attached hydrogens (primary N) is 1. The van der Waals surface area contributed by atoms with Gasteiger partial charge in [0.15, 0.2) is 0 Å². The van der Waals surface area contributed by atoms with E-state index in [0.717, 1.165) is 10.9 Å². The first-order valence-corrected chi connectivity index (χ1v) is 9.10. The minimum absolute atomic E-state index is 0.0469. The Labute approximate surface area is 155 Å². The first kappa shape index (κ1) is 17.9. The average molecular weight is 343 g/mol. The minimum atomic E-state index is 0.0469. The first-order valence-electron chi connectivity index (χ1n) is 9.10. The molecule has 2 aromatic heterocycles. The maximum absolute atomic E-state index is 5.97. The van der Waals surface area contributed by atoms with Crippen molar-refractivity contribution < 1.29 is 0 Å². The summed E-state index contributed by atoms with van der Waals surface area (Å²) in [6.07, 6.45) is 7.91. The average Bonchev–Trinajstić information content (AvgIpc) is 3.23. The molecule has 2 aromatic carbocycles. The Morgan fingerprint density at radius 2 is 1.62 bits per heavy atom. The summed E-state index contributed by atoms with van der Waals surface area (Å²) in [6.45, 7) is 6.00. The molecule has 26 heavy (non-hydrogen) atoms. The molecule has 4 aromatic rings. The van der Waals surface area contributed by atoms with Gasteiger partial charge >= 0.3 is 0 Å². The Bertz CT molecular complexity index is 968. The Balaban J connectivity index is 0.000000948. The molecule has 0 aliphatic heterocycles. The molecule has 3 nitrogen and oxygen atoms in total. The number of aromatic nitrogens is 2. The van der Waals surface area contributed by atoms with Crippen molar-refractivity contribution >= 4 is 10.8 Å². The van der Waals surface area contributed by atoms with Crippen molar-refractivity contribution in [2.75, 3.05) is 0 Å². The van der Waals surface area contributed by atoms with Crippen LogP contribution in [0.15, 0.2) is 79.4 Å². The quantitative estimate of drug-likeness (QED) is 0.515. The number of pyridine rings is 1. The van der Waals surface area contributed by atoms with Crippen LogP contribution in [0, 0.1) is 0 Å². The molecule has 0 fully saturated rings. The molecule has 1 unspecified atom stereocenters. The molecular formula is C23H25N3. The second kappa shape index (κ2) is 7.98. The minimum Gasteiger partial charge on any atom is -0.324 e. The lowest BCUT2D eigenvalue weighted by atomic mass is 9.97. The van der Waals surface area contributed by atoms with Crippen molar-refractivity contribution in [2.24, 2.45) is 5.73 Å². The lowest BCUT2D eigenvalue weighted by molar-refractivity contribution is 0.818. The summed E-state index contributed by atoms with van der Waals surface area (Å²) < 4.78 is 2.16. The van der Waals surface area contributed by atoms with E-state index in [1.165, 1.54) is 22.2 Å². The Morgan fingerprint density at radius 3 is 2.27 bits per heavy atom. The van der Waals surface area contributed by atoms with E-state index in [-0.39, 0.29) is 6.04 Å². The second-order valence-electron chi connectivity index (χ2n) is 6.06. The predicted octanol–water partition coefficient (Wildman–Crippen LogP) is 5.74. The molecule has 0 radical (unpaired) electrons. The van der Waals surface area contributed by atoms with Crippen LogP contribution in [-0.4, -0.2) is 9.55 Å². The number of hydrogen-bond donors (Lipinski definition) is 1. The van der Waals surface area contributed by atoms with Crippen molar-refractivity contribution in [2.45, 2.75) is 26.8 Å². The number of fused-ring (bicyclic) bond motifs is 1. The maximum Gasteiger partial charge on any atom is 0.0607 e. The van der Waals surface area contributed by atoms with Gasteiger partial charge in [-0.2, -0.15) is 0 Å². The van der Waals surface area contributed by atoms with Crippen molar-refractivity contribution in [3.8, 4) is 16.8 Å². The van der Waals surface area contributed by atoms with Crippen molar-refractivity contribution in [1.29, 1.82) is 0 Å². The van der Waals surface area contributed by atoms with E-state index in [9.17, 15) is 0 Å². The third-order valence-corrected chi connectivity index (χ3v) is 4.40. The molecule has 0 amide bonds.